The molecule has 2 atom stereocenters. The van der Waals surface area contributed by atoms with Crippen LogP contribution in [0.2, 0.25) is 0 Å². The maximum absolute atomic E-state index is 12.7. The summed E-state index contributed by atoms with van der Waals surface area (Å²) in [5, 5.41) is 4.10. The van der Waals surface area contributed by atoms with Crippen molar-refractivity contribution in [3.05, 3.63) is 50.9 Å². The molecule has 2 aromatic rings. The van der Waals surface area contributed by atoms with Gasteiger partial charge in [0.15, 0.2) is 0 Å². The van der Waals surface area contributed by atoms with Crippen LogP contribution in [0.15, 0.2) is 35.2 Å². The number of aromatic nitrogens is 1. The number of amides is 1. The molecule has 0 radical (unpaired) electrons. The number of rotatable bonds is 2. The molecule has 0 aliphatic carbocycles. The zero-order valence-electron chi connectivity index (χ0n) is 11.6. The Labute approximate surface area is 132 Å². The van der Waals surface area contributed by atoms with Crippen LogP contribution < -0.4 is 0 Å². The summed E-state index contributed by atoms with van der Waals surface area (Å²) in [6.07, 6.45) is 1.67. The molecule has 6 heteroatoms. The van der Waals surface area contributed by atoms with E-state index in [-0.39, 0.29) is 18.1 Å². The molecular formula is C15H16N2O2S2. The zero-order valence-corrected chi connectivity index (χ0v) is 13.2. The highest BCUT2D eigenvalue weighted by Gasteiger charge is 2.30. The molecule has 21 heavy (non-hydrogen) atoms. The Balaban J connectivity index is 1.83. The number of morpholine rings is 1. The number of thiophene rings is 1. The molecule has 0 bridgehead atoms. The van der Waals surface area contributed by atoms with Crippen LogP contribution >= 0.6 is 23.6 Å². The molecule has 0 saturated carbocycles. The number of hydrogen-bond acceptors (Lipinski definition) is 4. The monoisotopic (exact) mass is 320 g/mol. The summed E-state index contributed by atoms with van der Waals surface area (Å²) in [7, 11) is 0. The molecule has 0 aromatic carbocycles. The van der Waals surface area contributed by atoms with Gasteiger partial charge in [0.25, 0.3) is 5.91 Å². The SMILES string of the molecule is C[C@@H]1CN(C(=O)c2ccc[nH]c2=S)C[C@H](c2ccsc2)O1. The van der Waals surface area contributed by atoms with Crippen LogP contribution in [0.4, 0.5) is 0 Å². The molecule has 1 fully saturated rings. The minimum atomic E-state index is -0.0646. The molecule has 1 aliphatic rings. The summed E-state index contributed by atoms with van der Waals surface area (Å²) >= 11 is 6.84. The highest BCUT2D eigenvalue weighted by molar-refractivity contribution is 7.71. The predicted octanol–water partition coefficient (Wildman–Crippen LogP) is 3.41. The highest BCUT2D eigenvalue weighted by atomic mass is 32.1. The molecule has 1 saturated heterocycles. The van der Waals surface area contributed by atoms with Crippen molar-refractivity contribution in [3.8, 4) is 0 Å². The van der Waals surface area contributed by atoms with Gasteiger partial charge in [-0.2, -0.15) is 11.3 Å². The van der Waals surface area contributed by atoms with Gasteiger partial charge >= 0.3 is 0 Å². The highest BCUT2D eigenvalue weighted by Crippen LogP contribution is 2.27. The van der Waals surface area contributed by atoms with Gasteiger partial charge in [-0.3, -0.25) is 4.79 Å². The zero-order chi connectivity index (χ0) is 14.8. The van der Waals surface area contributed by atoms with Crippen molar-refractivity contribution in [1.82, 2.24) is 9.88 Å². The Kier molecular flexibility index (Phi) is 4.19. The quantitative estimate of drug-likeness (QED) is 0.863. The van der Waals surface area contributed by atoms with E-state index in [1.807, 2.05) is 23.3 Å². The van der Waals surface area contributed by atoms with Crippen LogP contribution in [0.3, 0.4) is 0 Å². The number of carbonyl (C=O) groups excluding carboxylic acids is 1. The maximum atomic E-state index is 12.7. The first-order chi connectivity index (χ1) is 10.1. The van der Waals surface area contributed by atoms with E-state index < -0.39 is 0 Å². The maximum Gasteiger partial charge on any atom is 0.257 e. The van der Waals surface area contributed by atoms with Gasteiger partial charge in [-0.25, -0.2) is 0 Å². The molecule has 1 aliphatic heterocycles. The van der Waals surface area contributed by atoms with E-state index in [1.165, 1.54) is 0 Å². The van der Waals surface area contributed by atoms with Gasteiger partial charge in [-0.1, -0.05) is 12.2 Å². The van der Waals surface area contributed by atoms with Gasteiger partial charge in [0.1, 0.15) is 10.7 Å². The summed E-state index contributed by atoms with van der Waals surface area (Å²) < 4.78 is 6.44. The minimum Gasteiger partial charge on any atom is -0.367 e. The van der Waals surface area contributed by atoms with Crippen molar-refractivity contribution in [1.29, 1.82) is 0 Å². The van der Waals surface area contributed by atoms with Crippen LogP contribution in [0.1, 0.15) is 28.9 Å². The standard InChI is InChI=1S/C15H16N2O2S2/c1-10-7-17(8-13(19-10)11-4-6-21-9-11)15(18)12-3-2-5-16-14(12)20/h2-6,9-10,13H,7-8H2,1H3,(H,16,20)/t10-,13-/m1/s1. The first kappa shape index (κ1) is 14.4. The average Bonchev–Trinajstić information content (AvgIpc) is 3.01. The lowest BCUT2D eigenvalue weighted by molar-refractivity contribution is -0.0690. The molecular weight excluding hydrogens is 304 g/mol. The summed E-state index contributed by atoms with van der Waals surface area (Å²) in [6.45, 7) is 3.14. The third-order valence-corrected chi connectivity index (χ3v) is 4.55. The Hall–Kier alpha value is -1.50. The van der Waals surface area contributed by atoms with E-state index in [2.05, 4.69) is 10.4 Å². The molecule has 4 nitrogen and oxygen atoms in total. The van der Waals surface area contributed by atoms with Crippen molar-refractivity contribution in [2.75, 3.05) is 13.1 Å². The molecule has 3 heterocycles. The fourth-order valence-corrected chi connectivity index (χ4v) is 3.45. The Morgan fingerprint density at radius 2 is 2.33 bits per heavy atom. The number of carbonyl (C=O) groups is 1. The number of pyridine rings is 1. The number of H-pyrrole nitrogens is 1. The molecule has 1 amide bonds. The first-order valence-corrected chi connectivity index (χ1v) is 8.15. The smallest absolute Gasteiger partial charge is 0.257 e. The van der Waals surface area contributed by atoms with Crippen molar-refractivity contribution in [3.63, 3.8) is 0 Å². The number of hydrogen-bond donors (Lipinski definition) is 1. The lowest BCUT2D eigenvalue weighted by atomic mass is 10.1. The Bertz CT molecular complexity index is 681. The van der Waals surface area contributed by atoms with Gasteiger partial charge in [-0.15, -0.1) is 0 Å². The lowest BCUT2D eigenvalue weighted by Gasteiger charge is -2.36. The molecule has 0 spiro atoms. The van der Waals surface area contributed by atoms with Crippen LogP contribution in [0, 0.1) is 4.64 Å². The molecule has 0 unspecified atom stereocenters. The van der Waals surface area contributed by atoms with E-state index in [0.29, 0.717) is 23.3 Å². The van der Waals surface area contributed by atoms with Crippen molar-refractivity contribution < 1.29 is 9.53 Å². The summed E-state index contributed by atoms with van der Waals surface area (Å²) in [4.78, 5) is 17.4. The summed E-state index contributed by atoms with van der Waals surface area (Å²) in [5.74, 6) is -0.0350. The van der Waals surface area contributed by atoms with Crippen molar-refractivity contribution in [2.45, 2.75) is 19.1 Å². The fraction of sp³-hybridized carbons (Fsp3) is 0.333. The number of nitrogens with one attached hydrogen (secondary N) is 1. The Morgan fingerprint density at radius 1 is 1.48 bits per heavy atom. The molecule has 110 valence electrons. The summed E-state index contributed by atoms with van der Waals surface area (Å²) in [6, 6.07) is 5.61. The van der Waals surface area contributed by atoms with E-state index in [0.717, 1.165) is 5.56 Å². The van der Waals surface area contributed by atoms with Crippen LogP contribution in [-0.4, -0.2) is 35.0 Å². The van der Waals surface area contributed by atoms with Gasteiger partial charge in [0.2, 0.25) is 0 Å². The van der Waals surface area contributed by atoms with Crippen LogP contribution in [0.25, 0.3) is 0 Å². The minimum absolute atomic E-state index is 0.00821. The lowest BCUT2D eigenvalue weighted by Crippen LogP contribution is -2.46. The van der Waals surface area contributed by atoms with Crippen LogP contribution in [-0.2, 0) is 4.74 Å². The van der Waals surface area contributed by atoms with Gasteiger partial charge in [0, 0.05) is 12.7 Å². The molecule has 2 aromatic heterocycles. The van der Waals surface area contributed by atoms with Gasteiger partial charge < -0.3 is 14.6 Å². The number of ether oxygens (including phenoxy) is 1. The van der Waals surface area contributed by atoms with Gasteiger partial charge in [0.05, 0.1) is 18.2 Å². The molecule has 3 rings (SSSR count). The van der Waals surface area contributed by atoms with E-state index in [4.69, 9.17) is 17.0 Å². The number of aromatic amines is 1. The predicted molar refractivity (Wildman–Crippen MR) is 85.1 cm³/mol. The van der Waals surface area contributed by atoms with Gasteiger partial charge in [-0.05, 0) is 41.4 Å². The summed E-state index contributed by atoms with van der Waals surface area (Å²) in [5.41, 5.74) is 1.67. The number of nitrogens with zero attached hydrogens (tertiary/aromatic N) is 1. The fourth-order valence-electron chi connectivity index (χ4n) is 2.52. The topological polar surface area (TPSA) is 45.3 Å². The van der Waals surface area contributed by atoms with Crippen molar-refractivity contribution >= 4 is 29.5 Å². The third kappa shape index (κ3) is 3.07. The Morgan fingerprint density at radius 3 is 3.05 bits per heavy atom. The first-order valence-electron chi connectivity index (χ1n) is 6.79. The second kappa shape index (κ2) is 6.09. The molecule has 1 N–H and O–H groups in total. The van der Waals surface area contributed by atoms with Crippen molar-refractivity contribution in [2.24, 2.45) is 0 Å². The van der Waals surface area contributed by atoms with E-state index >= 15 is 0 Å². The normalized spacial score (nSPS) is 22.2. The largest absolute Gasteiger partial charge is 0.367 e. The second-order valence-corrected chi connectivity index (χ2v) is 6.30. The van der Waals surface area contributed by atoms with E-state index in [9.17, 15) is 4.79 Å². The third-order valence-electron chi connectivity index (χ3n) is 3.51. The average molecular weight is 320 g/mol. The van der Waals surface area contributed by atoms with Crippen LogP contribution in [0.5, 0.6) is 0 Å². The second-order valence-electron chi connectivity index (χ2n) is 5.12. The van der Waals surface area contributed by atoms with E-state index in [1.54, 1.807) is 29.7 Å².